The fourth-order valence-corrected chi connectivity index (χ4v) is 3.23. The summed E-state index contributed by atoms with van der Waals surface area (Å²) in [6, 6.07) is 9.71. The van der Waals surface area contributed by atoms with Crippen LogP contribution in [-0.4, -0.2) is 35.9 Å². The van der Waals surface area contributed by atoms with Gasteiger partial charge in [-0.25, -0.2) is 9.18 Å². The third kappa shape index (κ3) is 4.86. The Hall–Kier alpha value is -3.39. The van der Waals surface area contributed by atoms with Crippen LogP contribution in [0.2, 0.25) is 5.02 Å². The summed E-state index contributed by atoms with van der Waals surface area (Å²) in [5, 5.41) is 4.97. The maximum atomic E-state index is 13.3. The van der Waals surface area contributed by atoms with E-state index in [0.29, 0.717) is 17.9 Å². The summed E-state index contributed by atoms with van der Waals surface area (Å²) in [6.45, 7) is 7.04. The number of halogens is 2. The molecule has 1 aliphatic heterocycles. The van der Waals surface area contributed by atoms with Gasteiger partial charge in [0.25, 0.3) is 5.91 Å². The highest BCUT2D eigenvalue weighted by atomic mass is 35.5. The number of urea groups is 1. The summed E-state index contributed by atoms with van der Waals surface area (Å²) in [5.74, 6) is -1.22. The molecule has 162 valence electrons. The standard InChI is InChI=1S/C22H21ClFN3O4/c1-13(2)12-31-16-7-4-14(5-8-16)22(3)20(29)27(21(30)26-22)11-19(28)25-15-6-9-18(24)17(23)10-15/h4-10H,1,11-12H2,2-3H3,(H,25,28)(H,26,30). The van der Waals surface area contributed by atoms with Crippen molar-refractivity contribution in [3.8, 4) is 5.75 Å². The molecule has 0 aromatic heterocycles. The Morgan fingerprint density at radius 1 is 1.26 bits per heavy atom. The maximum Gasteiger partial charge on any atom is 0.325 e. The first-order chi connectivity index (χ1) is 14.6. The van der Waals surface area contributed by atoms with Crippen LogP contribution in [0.1, 0.15) is 19.4 Å². The van der Waals surface area contributed by atoms with Crippen LogP contribution in [0.15, 0.2) is 54.6 Å². The Morgan fingerprint density at radius 3 is 2.55 bits per heavy atom. The summed E-state index contributed by atoms with van der Waals surface area (Å²) in [6.07, 6.45) is 0. The van der Waals surface area contributed by atoms with Crippen molar-refractivity contribution in [1.82, 2.24) is 10.2 Å². The van der Waals surface area contributed by atoms with Crippen LogP contribution in [0, 0.1) is 5.82 Å². The van der Waals surface area contributed by atoms with Crippen LogP contribution in [0.4, 0.5) is 14.9 Å². The Labute approximate surface area is 183 Å². The highest BCUT2D eigenvalue weighted by molar-refractivity contribution is 6.31. The van der Waals surface area contributed by atoms with Crippen molar-refractivity contribution in [2.45, 2.75) is 19.4 Å². The normalized spacial score (nSPS) is 18.0. The predicted molar refractivity (Wildman–Crippen MR) is 114 cm³/mol. The monoisotopic (exact) mass is 445 g/mol. The van der Waals surface area contributed by atoms with Crippen LogP contribution < -0.4 is 15.4 Å². The van der Waals surface area contributed by atoms with E-state index in [1.807, 2.05) is 6.92 Å². The van der Waals surface area contributed by atoms with Crippen LogP contribution in [0.3, 0.4) is 0 Å². The lowest BCUT2D eigenvalue weighted by atomic mass is 9.92. The van der Waals surface area contributed by atoms with Gasteiger partial charge in [0.2, 0.25) is 5.91 Å². The van der Waals surface area contributed by atoms with E-state index in [1.54, 1.807) is 31.2 Å². The molecule has 1 atom stereocenters. The Morgan fingerprint density at radius 2 is 1.94 bits per heavy atom. The van der Waals surface area contributed by atoms with E-state index in [4.69, 9.17) is 16.3 Å². The molecule has 0 bridgehead atoms. The van der Waals surface area contributed by atoms with E-state index in [2.05, 4.69) is 17.2 Å². The molecule has 7 nitrogen and oxygen atoms in total. The molecule has 1 aliphatic rings. The number of ether oxygens (including phenoxy) is 1. The number of anilines is 1. The van der Waals surface area contributed by atoms with Gasteiger partial charge in [-0.1, -0.05) is 30.3 Å². The van der Waals surface area contributed by atoms with Crippen molar-refractivity contribution >= 4 is 35.1 Å². The smallest absolute Gasteiger partial charge is 0.325 e. The minimum atomic E-state index is -1.33. The van der Waals surface area contributed by atoms with E-state index in [0.717, 1.165) is 16.5 Å². The Bertz CT molecular complexity index is 1060. The molecule has 0 spiro atoms. The Kier molecular flexibility index (Phi) is 6.31. The molecule has 2 aromatic carbocycles. The minimum Gasteiger partial charge on any atom is -0.489 e. The van der Waals surface area contributed by atoms with Crippen LogP contribution in [0.25, 0.3) is 0 Å². The predicted octanol–water partition coefficient (Wildman–Crippen LogP) is 3.84. The van der Waals surface area contributed by atoms with Crippen molar-refractivity contribution < 1.29 is 23.5 Å². The summed E-state index contributed by atoms with van der Waals surface area (Å²) < 4.78 is 18.8. The Balaban J connectivity index is 1.69. The first-order valence-electron chi connectivity index (χ1n) is 9.37. The van der Waals surface area contributed by atoms with Crippen LogP contribution in [-0.2, 0) is 15.1 Å². The molecule has 2 aromatic rings. The molecule has 1 heterocycles. The second kappa shape index (κ2) is 8.77. The van der Waals surface area contributed by atoms with Gasteiger partial charge >= 0.3 is 6.03 Å². The van der Waals surface area contributed by atoms with Crippen molar-refractivity contribution in [3.63, 3.8) is 0 Å². The van der Waals surface area contributed by atoms with Gasteiger partial charge in [0.05, 0.1) is 5.02 Å². The number of imide groups is 1. The van der Waals surface area contributed by atoms with Crippen molar-refractivity contribution in [2.75, 3.05) is 18.5 Å². The quantitative estimate of drug-likeness (QED) is 0.500. The first-order valence-corrected chi connectivity index (χ1v) is 9.74. The summed E-state index contributed by atoms with van der Waals surface area (Å²) >= 11 is 5.70. The van der Waals surface area contributed by atoms with Crippen molar-refractivity contribution in [2.24, 2.45) is 0 Å². The number of amides is 4. The van der Waals surface area contributed by atoms with Gasteiger partial charge in [-0.2, -0.15) is 0 Å². The van der Waals surface area contributed by atoms with Gasteiger partial charge in [-0.05, 0) is 55.3 Å². The summed E-state index contributed by atoms with van der Waals surface area (Å²) in [5.41, 5.74) is 0.327. The fourth-order valence-electron chi connectivity index (χ4n) is 3.05. The highest BCUT2D eigenvalue weighted by Gasteiger charge is 2.49. The fraction of sp³-hybridized carbons (Fsp3) is 0.227. The topological polar surface area (TPSA) is 87.7 Å². The number of nitrogens with one attached hydrogen (secondary N) is 2. The molecule has 1 unspecified atom stereocenters. The van der Waals surface area contributed by atoms with Crippen molar-refractivity contribution in [3.05, 3.63) is 71.0 Å². The van der Waals surface area contributed by atoms with Crippen molar-refractivity contribution in [1.29, 1.82) is 0 Å². The molecule has 9 heteroatoms. The van der Waals surface area contributed by atoms with Gasteiger partial charge in [-0.15, -0.1) is 0 Å². The van der Waals surface area contributed by atoms with E-state index in [-0.39, 0.29) is 10.7 Å². The molecular weight excluding hydrogens is 425 g/mol. The molecule has 1 saturated heterocycles. The van der Waals surface area contributed by atoms with Gasteiger partial charge in [0.1, 0.15) is 30.3 Å². The third-order valence-corrected chi connectivity index (χ3v) is 4.99. The second-order valence-electron chi connectivity index (χ2n) is 7.39. The molecule has 31 heavy (non-hydrogen) atoms. The maximum absolute atomic E-state index is 13.3. The van der Waals surface area contributed by atoms with Gasteiger partial charge in [0, 0.05) is 5.69 Å². The zero-order valence-electron chi connectivity index (χ0n) is 17.0. The van der Waals surface area contributed by atoms with E-state index >= 15 is 0 Å². The largest absolute Gasteiger partial charge is 0.489 e. The molecular formula is C22H21ClFN3O4. The first kappa shape index (κ1) is 22.3. The molecule has 4 amide bonds. The van der Waals surface area contributed by atoms with Crippen LogP contribution in [0.5, 0.6) is 5.75 Å². The highest BCUT2D eigenvalue weighted by Crippen LogP contribution is 2.30. The minimum absolute atomic E-state index is 0.156. The number of carbonyl (C=O) groups excluding carboxylic acids is 3. The molecule has 2 N–H and O–H groups in total. The number of benzene rings is 2. The number of hydrogen-bond donors (Lipinski definition) is 2. The lowest BCUT2D eigenvalue weighted by Crippen LogP contribution is -2.42. The van der Waals surface area contributed by atoms with E-state index in [9.17, 15) is 18.8 Å². The SMILES string of the molecule is C=C(C)COc1ccc(C2(C)NC(=O)N(CC(=O)Nc3ccc(F)c(Cl)c3)C2=O)cc1. The van der Waals surface area contributed by atoms with Gasteiger partial charge in [0.15, 0.2) is 0 Å². The number of hydrogen-bond acceptors (Lipinski definition) is 4. The zero-order chi connectivity index (χ0) is 22.8. The van der Waals surface area contributed by atoms with Crippen LogP contribution >= 0.6 is 11.6 Å². The molecule has 3 rings (SSSR count). The summed E-state index contributed by atoms with van der Waals surface area (Å²) in [7, 11) is 0. The molecule has 1 fully saturated rings. The van der Waals surface area contributed by atoms with Gasteiger partial charge in [-0.3, -0.25) is 14.5 Å². The van der Waals surface area contributed by atoms with E-state index < -0.39 is 35.7 Å². The van der Waals surface area contributed by atoms with E-state index in [1.165, 1.54) is 12.1 Å². The van der Waals surface area contributed by atoms with Gasteiger partial charge < -0.3 is 15.4 Å². The number of nitrogens with zero attached hydrogens (tertiary/aromatic N) is 1. The molecule has 0 radical (unpaired) electrons. The number of rotatable bonds is 7. The lowest BCUT2D eigenvalue weighted by Gasteiger charge is -2.22. The second-order valence-corrected chi connectivity index (χ2v) is 7.80. The third-order valence-electron chi connectivity index (χ3n) is 4.70. The average molecular weight is 446 g/mol. The summed E-state index contributed by atoms with van der Waals surface area (Å²) in [4.78, 5) is 38.5. The average Bonchev–Trinajstić information content (AvgIpc) is 2.93. The zero-order valence-corrected chi connectivity index (χ0v) is 17.8. The molecule has 0 saturated carbocycles. The lowest BCUT2D eigenvalue weighted by molar-refractivity contribution is -0.133. The number of carbonyl (C=O) groups is 3. The molecule has 0 aliphatic carbocycles.